The average molecular weight is 359 g/mol. The third-order valence-electron chi connectivity index (χ3n) is 4.48. The van der Waals surface area contributed by atoms with Gasteiger partial charge in [0, 0.05) is 57.3 Å². The van der Waals surface area contributed by atoms with E-state index < -0.39 is 0 Å². The zero-order chi connectivity index (χ0) is 19.1. The van der Waals surface area contributed by atoms with Crippen LogP contribution in [0.2, 0.25) is 0 Å². The minimum absolute atomic E-state index is 0.117. The van der Waals surface area contributed by atoms with Crippen molar-refractivity contribution in [3.8, 4) is 0 Å². The van der Waals surface area contributed by atoms with Crippen molar-refractivity contribution < 1.29 is 9.59 Å². The first-order valence-corrected chi connectivity index (χ1v) is 9.00. The third kappa shape index (κ3) is 5.56. The lowest BCUT2D eigenvalue weighted by Crippen LogP contribution is -2.37. The number of nitrogens with one attached hydrogen (secondary N) is 1. The maximum Gasteiger partial charge on any atom is 0.251 e. The van der Waals surface area contributed by atoms with E-state index in [1.807, 2.05) is 30.9 Å². The number of nitrogens with zero attached hydrogens (tertiary/aromatic N) is 4. The van der Waals surface area contributed by atoms with E-state index in [-0.39, 0.29) is 11.8 Å². The van der Waals surface area contributed by atoms with Crippen LogP contribution in [0.25, 0.3) is 5.65 Å². The molecule has 0 radical (unpaired) electrons. The summed E-state index contributed by atoms with van der Waals surface area (Å²) in [6, 6.07) is 3.50. The first-order chi connectivity index (χ1) is 12.4. The highest BCUT2D eigenvalue weighted by molar-refractivity contribution is 5.95. The Morgan fingerprint density at radius 3 is 2.73 bits per heavy atom. The van der Waals surface area contributed by atoms with Crippen LogP contribution in [0.15, 0.2) is 30.7 Å². The highest BCUT2D eigenvalue weighted by Gasteiger charge is 2.16. The maximum atomic E-state index is 12.3. The zero-order valence-corrected chi connectivity index (χ0v) is 16.1. The summed E-state index contributed by atoms with van der Waals surface area (Å²) in [7, 11) is 5.83. The number of carbonyl (C=O) groups excluding carboxylic acids is 2. The summed E-state index contributed by atoms with van der Waals surface area (Å²) in [5.41, 5.74) is 1.30. The molecule has 7 heteroatoms. The highest BCUT2D eigenvalue weighted by Crippen LogP contribution is 2.11. The van der Waals surface area contributed by atoms with Crippen LogP contribution in [0, 0.1) is 5.92 Å². The Bertz CT molecular complexity index is 740. The molecule has 0 aliphatic rings. The van der Waals surface area contributed by atoms with Crippen molar-refractivity contribution in [2.75, 3.05) is 40.8 Å². The second-order valence-corrected chi connectivity index (χ2v) is 6.92. The molecule has 0 aliphatic carbocycles. The Morgan fingerprint density at radius 2 is 2.04 bits per heavy atom. The number of amides is 2. The summed E-state index contributed by atoms with van der Waals surface area (Å²) < 4.78 is 1.85. The Morgan fingerprint density at radius 1 is 1.27 bits per heavy atom. The fraction of sp³-hybridized carbons (Fsp3) is 0.526. The predicted molar refractivity (Wildman–Crippen MR) is 102 cm³/mol. The van der Waals surface area contributed by atoms with Crippen LogP contribution < -0.4 is 5.32 Å². The van der Waals surface area contributed by atoms with Crippen molar-refractivity contribution in [2.24, 2.45) is 5.92 Å². The number of likely N-dealkylation sites (N-methyl/N-ethyl adjacent to an activating group) is 1. The van der Waals surface area contributed by atoms with E-state index >= 15 is 0 Å². The number of hydrogen-bond acceptors (Lipinski definition) is 4. The molecule has 0 spiro atoms. The molecule has 142 valence electrons. The molecule has 0 bridgehead atoms. The molecule has 1 atom stereocenters. The molecule has 2 aromatic rings. The zero-order valence-electron chi connectivity index (χ0n) is 16.1. The summed E-state index contributed by atoms with van der Waals surface area (Å²) in [5, 5.41) is 2.86. The second-order valence-electron chi connectivity index (χ2n) is 6.92. The van der Waals surface area contributed by atoms with Gasteiger partial charge in [-0.25, -0.2) is 4.98 Å². The first kappa shape index (κ1) is 19.9. The van der Waals surface area contributed by atoms with Crippen molar-refractivity contribution in [3.63, 3.8) is 0 Å². The van der Waals surface area contributed by atoms with Gasteiger partial charge in [-0.3, -0.25) is 9.59 Å². The monoisotopic (exact) mass is 359 g/mol. The fourth-order valence-corrected chi connectivity index (χ4v) is 2.87. The fourth-order valence-electron chi connectivity index (χ4n) is 2.87. The van der Waals surface area contributed by atoms with Gasteiger partial charge in [0.1, 0.15) is 5.65 Å². The van der Waals surface area contributed by atoms with Gasteiger partial charge < -0.3 is 19.5 Å². The van der Waals surface area contributed by atoms with Crippen molar-refractivity contribution in [1.82, 2.24) is 24.5 Å². The van der Waals surface area contributed by atoms with E-state index in [9.17, 15) is 9.59 Å². The minimum atomic E-state index is -0.157. The molecular formula is C19H29N5O2. The lowest BCUT2D eigenvalue weighted by Gasteiger charge is -2.23. The third-order valence-corrected chi connectivity index (χ3v) is 4.48. The Labute approximate surface area is 155 Å². The molecule has 0 fully saturated rings. The average Bonchev–Trinajstić information content (AvgIpc) is 3.07. The molecule has 1 N–H and O–H groups in total. The van der Waals surface area contributed by atoms with Gasteiger partial charge in [0.15, 0.2) is 0 Å². The molecular weight excluding hydrogens is 330 g/mol. The summed E-state index contributed by atoms with van der Waals surface area (Å²) >= 11 is 0. The number of aromatic nitrogens is 2. The van der Waals surface area contributed by atoms with Gasteiger partial charge in [0.2, 0.25) is 5.91 Å². The molecule has 0 saturated heterocycles. The molecule has 26 heavy (non-hydrogen) atoms. The molecule has 2 amide bonds. The smallest absolute Gasteiger partial charge is 0.251 e. The van der Waals surface area contributed by atoms with Gasteiger partial charge in [0.25, 0.3) is 5.91 Å². The topological polar surface area (TPSA) is 70.0 Å². The van der Waals surface area contributed by atoms with E-state index in [4.69, 9.17) is 0 Å². The molecule has 2 aromatic heterocycles. The second kappa shape index (κ2) is 9.33. The lowest BCUT2D eigenvalue weighted by atomic mass is 10.0. The number of imidazole rings is 1. The number of rotatable bonds is 9. The van der Waals surface area contributed by atoms with Gasteiger partial charge >= 0.3 is 0 Å². The molecule has 0 aliphatic heterocycles. The Hall–Kier alpha value is -2.41. The van der Waals surface area contributed by atoms with Crippen LogP contribution in [0.3, 0.4) is 0 Å². The van der Waals surface area contributed by atoms with Crippen LogP contribution in [0.5, 0.6) is 0 Å². The van der Waals surface area contributed by atoms with Crippen molar-refractivity contribution >= 4 is 17.5 Å². The molecule has 0 saturated carbocycles. The Kier molecular flexibility index (Phi) is 7.15. The van der Waals surface area contributed by atoms with Crippen LogP contribution in [0.1, 0.15) is 30.1 Å². The summed E-state index contributed by atoms with van der Waals surface area (Å²) in [6.07, 6.45) is 6.85. The predicted octanol–water partition coefficient (Wildman–Crippen LogP) is 1.50. The molecule has 7 nitrogen and oxygen atoms in total. The molecule has 2 rings (SSSR count). The first-order valence-electron chi connectivity index (χ1n) is 9.00. The van der Waals surface area contributed by atoms with Gasteiger partial charge in [-0.15, -0.1) is 0 Å². The summed E-state index contributed by atoms with van der Waals surface area (Å²) in [4.78, 5) is 32.6. The summed E-state index contributed by atoms with van der Waals surface area (Å²) in [6.45, 7) is 3.93. The minimum Gasteiger partial charge on any atom is -0.350 e. The summed E-state index contributed by atoms with van der Waals surface area (Å²) in [5.74, 6) is 0.318. The Balaban J connectivity index is 1.78. The molecule has 2 heterocycles. The highest BCUT2D eigenvalue weighted by atomic mass is 16.2. The number of fused-ring (bicyclic) bond motifs is 1. The van der Waals surface area contributed by atoms with Crippen molar-refractivity contribution in [1.29, 1.82) is 0 Å². The maximum absolute atomic E-state index is 12.3. The van der Waals surface area contributed by atoms with E-state index in [1.165, 1.54) is 0 Å². The number of hydrogen-bond donors (Lipinski definition) is 1. The van der Waals surface area contributed by atoms with Crippen LogP contribution in [-0.2, 0) is 4.79 Å². The van der Waals surface area contributed by atoms with E-state index in [2.05, 4.69) is 22.1 Å². The van der Waals surface area contributed by atoms with Crippen LogP contribution in [-0.4, -0.2) is 71.8 Å². The van der Waals surface area contributed by atoms with E-state index in [0.717, 1.165) is 18.6 Å². The van der Waals surface area contributed by atoms with E-state index in [1.54, 1.807) is 30.3 Å². The van der Waals surface area contributed by atoms with Crippen LogP contribution in [0.4, 0.5) is 0 Å². The van der Waals surface area contributed by atoms with Gasteiger partial charge in [-0.1, -0.05) is 13.3 Å². The van der Waals surface area contributed by atoms with E-state index in [0.29, 0.717) is 31.0 Å². The molecule has 1 unspecified atom stereocenters. The van der Waals surface area contributed by atoms with Crippen molar-refractivity contribution in [3.05, 3.63) is 36.3 Å². The molecule has 0 aromatic carbocycles. The number of carbonyl (C=O) groups is 2. The SMILES string of the molecule is CCC(CC(=O)N(C)CCNC(=O)c1ccn2ccnc2c1)CN(C)C. The van der Waals surface area contributed by atoms with Crippen LogP contribution >= 0.6 is 0 Å². The van der Waals surface area contributed by atoms with Gasteiger partial charge in [-0.05, 0) is 32.1 Å². The van der Waals surface area contributed by atoms with Gasteiger partial charge in [0.05, 0.1) is 0 Å². The quantitative estimate of drug-likeness (QED) is 0.737. The number of pyridine rings is 1. The van der Waals surface area contributed by atoms with Crippen molar-refractivity contribution in [2.45, 2.75) is 19.8 Å². The lowest BCUT2D eigenvalue weighted by molar-refractivity contribution is -0.131. The van der Waals surface area contributed by atoms with Gasteiger partial charge in [-0.2, -0.15) is 0 Å². The normalized spacial score (nSPS) is 12.3. The largest absolute Gasteiger partial charge is 0.350 e. The standard InChI is InChI=1S/C19H29N5O2/c1-5-15(14-22(2)3)12-18(25)23(4)10-7-21-19(26)16-6-9-24-11-8-20-17(24)13-16/h6,8-9,11,13,15H,5,7,10,12,14H2,1-4H3,(H,21,26).